The molecule has 0 amide bonds. The molecule has 2 rings (SSSR count). The van der Waals surface area contributed by atoms with E-state index in [1.807, 2.05) is 6.07 Å². The highest BCUT2D eigenvalue weighted by Crippen LogP contribution is 2.20. The quantitative estimate of drug-likeness (QED) is 0.876. The molecule has 0 saturated heterocycles. The molecule has 2 aromatic rings. The molecule has 2 aromatic heterocycles. The fourth-order valence-corrected chi connectivity index (χ4v) is 1.88. The summed E-state index contributed by atoms with van der Waals surface area (Å²) in [6.07, 6.45) is 0.648. The van der Waals surface area contributed by atoms with Crippen LogP contribution in [0.5, 0.6) is 0 Å². The number of hydrogen-bond acceptors (Lipinski definition) is 7. The summed E-state index contributed by atoms with van der Waals surface area (Å²) in [6.45, 7) is 9.19. The molecular formula is C15H23N5O2. The SMILES string of the molecule is COCc1cc(NCCc2nc(C)no2)nc(C(C)(C)C)n1. The largest absolute Gasteiger partial charge is 0.378 e. The van der Waals surface area contributed by atoms with Crippen molar-refractivity contribution in [3.05, 3.63) is 29.3 Å². The minimum atomic E-state index is -0.121. The van der Waals surface area contributed by atoms with Crippen LogP contribution in [0.25, 0.3) is 0 Å². The molecule has 0 bridgehead atoms. The molecule has 0 unspecified atom stereocenters. The summed E-state index contributed by atoms with van der Waals surface area (Å²) < 4.78 is 10.3. The molecule has 0 aromatic carbocycles. The molecule has 7 nitrogen and oxygen atoms in total. The molecule has 0 aliphatic heterocycles. The van der Waals surface area contributed by atoms with Crippen LogP contribution in [0.4, 0.5) is 5.82 Å². The van der Waals surface area contributed by atoms with Crippen LogP contribution in [0.2, 0.25) is 0 Å². The maximum atomic E-state index is 5.18. The van der Waals surface area contributed by atoms with Gasteiger partial charge in [-0.1, -0.05) is 25.9 Å². The maximum absolute atomic E-state index is 5.18. The molecule has 0 aliphatic carbocycles. The predicted molar refractivity (Wildman–Crippen MR) is 82.7 cm³/mol. The number of aromatic nitrogens is 4. The third-order valence-corrected chi connectivity index (χ3v) is 2.96. The second-order valence-electron chi connectivity index (χ2n) is 6.16. The van der Waals surface area contributed by atoms with Gasteiger partial charge in [0.2, 0.25) is 5.89 Å². The summed E-state index contributed by atoms with van der Waals surface area (Å²) in [5.41, 5.74) is 0.739. The van der Waals surface area contributed by atoms with Crippen LogP contribution in [0, 0.1) is 6.92 Å². The number of nitrogens with zero attached hydrogens (tertiary/aromatic N) is 4. The van der Waals surface area contributed by atoms with Crippen LogP contribution in [-0.4, -0.2) is 33.8 Å². The monoisotopic (exact) mass is 305 g/mol. The van der Waals surface area contributed by atoms with E-state index in [9.17, 15) is 0 Å². The predicted octanol–water partition coefficient (Wildman–Crippen LogP) is 2.27. The fourth-order valence-electron chi connectivity index (χ4n) is 1.88. The van der Waals surface area contributed by atoms with Crippen molar-refractivity contribution in [1.82, 2.24) is 20.1 Å². The van der Waals surface area contributed by atoms with Gasteiger partial charge in [0.1, 0.15) is 11.6 Å². The number of hydrogen-bond donors (Lipinski definition) is 1. The van der Waals surface area contributed by atoms with Crippen LogP contribution in [0.1, 0.15) is 44.0 Å². The number of ether oxygens (including phenoxy) is 1. The number of methoxy groups -OCH3 is 1. The minimum absolute atomic E-state index is 0.121. The van der Waals surface area contributed by atoms with Gasteiger partial charge >= 0.3 is 0 Å². The molecule has 0 atom stereocenters. The van der Waals surface area contributed by atoms with E-state index >= 15 is 0 Å². The first-order chi connectivity index (χ1) is 10.4. The van der Waals surface area contributed by atoms with Gasteiger partial charge in [-0.25, -0.2) is 9.97 Å². The second kappa shape index (κ2) is 6.83. The number of aryl methyl sites for hydroxylation is 1. The van der Waals surface area contributed by atoms with E-state index in [1.54, 1.807) is 14.0 Å². The summed E-state index contributed by atoms with van der Waals surface area (Å²) >= 11 is 0. The Kier molecular flexibility index (Phi) is 5.07. The maximum Gasteiger partial charge on any atom is 0.228 e. The van der Waals surface area contributed by atoms with E-state index in [0.29, 0.717) is 31.3 Å². The summed E-state index contributed by atoms with van der Waals surface area (Å²) in [7, 11) is 1.66. The molecular weight excluding hydrogens is 282 g/mol. The second-order valence-corrected chi connectivity index (χ2v) is 6.16. The van der Waals surface area contributed by atoms with Crippen molar-refractivity contribution in [3.8, 4) is 0 Å². The fraction of sp³-hybridized carbons (Fsp3) is 0.600. The summed E-state index contributed by atoms with van der Waals surface area (Å²) in [4.78, 5) is 13.3. The molecule has 0 saturated carbocycles. The van der Waals surface area contributed by atoms with E-state index in [1.165, 1.54) is 0 Å². The van der Waals surface area contributed by atoms with Crippen LogP contribution < -0.4 is 5.32 Å². The van der Waals surface area contributed by atoms with E-state index in [4.69, 9.17) is 9.26 Å². The van der Waals surface area contributed by atoms with Gasteiger partial charge in [-0.2, -0.15) is 4.98 Å². The van der Waals surface area contributed by atoms with Crippen molar-refractivity contribution in [2.24, 2.45) is 0 Å². The summed E-state index contributed by atoms with van der Waals surface area (Å²) in [6, 6.07) is 1.90. The average molecular weight is 305 g/mol. The van der Waals surface area contributed by atoms with Crippen molar-refractivity contribution >= 4 is 5.82 Å². The Morgan fingerprint density at radius 2 is 2.00 bits per heavy atom. The Bertz CT molecular complexity index is 619. The lowest BCUT2D eigenvalue weighted by molar-refractivity contribution is 0.181. The lowest BCUT2D eigenvalue weighted by Gasteiger charge is -2.18. The van der Waals surface area contributed by atoms with Crippen molar-refractivity contribution in [1.29, 1.82) is 0 Å². The smallest absolute Gasteiger partial charge is 0.228 e. The van der Waals surface area contributed by atoms with Crippen LogP contribution in [-0.2, 0) is 23.2 Å². The molecule has 0 fully saturated rings. The van der Waals surface area contributed by atoms with Crippen molar-refractivity contribution in [2.75, 3.05) is 19.0 Å². The van der Waals surface area contributed by atoms with E-state index < -0.39 is 0 Å². The molecule has 120 valence electrons. The molecule has 0 aliphatic rings. The summed E-state index contributed by atoms with van der Waals surface area (Å²) in [5.74, 6) is 2.84. The Morgan fingerprint density at radius 1 is 1.23 bits per heavy atom. The average Bonchev–Trinajstić information content (AvgIpc) is 2.84. The zero-order valence-electron chi connectivity index (χ0n) is 13.8. The van der Waals surface area contributed by atoms with Gasteiger partial charge in [-0.15, -0.1) is 0 Å². The van der Waals surface area contributed by atoms with Gasteiger partial charge in [-0.05, 0) is 6.92 Å². The zero-order valence-corrected chi connectivity index (χ0v) is 13.8. The number of anilines is 1. The van der Waals surface area contributed by atoms with Crippen LogP contribution >= 0.6 is 0 Å². The Morgan fingerprint density at radius 3 is 2.59 bits per heavy atom. The van der Waals surface area contributed by atoms with Gasteiger partial charge < -0.3 is 14.6 Å². The first-order valence-electron chi connectivity index (χ1n) is 7.29. The minimum Gasteiger partial charge on any atom is -0.378 e. The van der Waals surface area contributed by atoms with Crippen molar-refractivity contribution in [2.45, 2.75) is 46.1 Å². The third kappa shape index (κ3) is 4.49. The van der Waals surface area contributed by atoms with Crippen molar-refractivity contribution in [3.63, 3.8) is 0 Å². The van der Waals surface area contributed by atoms with Crippen LogP contribution in [0.15, 0.2) is 10.6 Å². The van der Waals surface area contributed by atoms with Gasteiger partial charge in [0, 0.05) is 31.6 Å². The molecule has 22 heavy (non-hydrogen) atoms. The highest BCUT2D eigenvalue weighted by atomic mass is 16.5. The van der Waals surface area contributed by atoms with Gasteiger partial charge in [0.15, 0.2) is 5.82 Å². The molecule has 0 radical (unpaired) electrons. The van der Waals surface area contributed by atoms with E-state index in [0.717, 1.165) is 17.3 Å². The lowest BCUT2D eigenvalue weighted by atomic mass is 9.95. The van der Waals surface area contributed by atoms with Crippen molar-refractivity contribution < 1.29 is 9.26 Å². The first-order valence-corrected chi connectivity index (χ1v) is 7.29. The number of nitrogens with one attached hydrogen (secondary N) is 1. The Labute approximate surface area is 130 Å². The van der Waals surface area contributed by atoms with Crippen LogP contribution in [0.3, 0.4) is 0 Å². The topological polar surface area (TPSA) is 86.0 Å². The van der Waals surface area contributed by atoms with Gasteiger partial charge in [0.25, 0.3) is 0 Å². The third-order valence-electron chi connectivity index (χ3n) is 2.96. The number of rotatable bonds is 6. The van der Waals surface area contributed by atoms with E-state index in [2.05, 4.69) is 46.2 Å². The first kappa shape index (κ1) is 16.4. The molecule has 2 heterocycles. The highest BCUT2D eigenvalue weighted by molar-refractivity contribution is 5.37. The summed E-state index contributed by atoms with van der Waals surface area (Å²) in [5, 5.41) is 7.05. The Hall–Kier alpha value is -2.02. The Balaban J connectivity index is 2.06. The van der Waals surface area contributed by atoms with E-state index in [-0.39, 0.29) is 5.41 Å². The normalized spacial score (nSPS) is 11.7. The van der Waals surface area contributed by atoms with Gasteiger partial charge in [-0.3, -0.25) is 0 Å². The highest BCUT2D eigenvalue weighted by Gasteiger charge is 2.19. The zero-order chi connectivity index (χ0) is 16.2. The standard InChI is InChI=1S/C15H23N5O2/c1-10-17-13(22-20-10)6-7-16-12-8-11(9-21-5)18-14(19-12)15(2,3)4/h8H,6-7,9H2,1-5H3,(H,16,18,19). The molecule has 0 spiro atoms. The lowest BCUT2D eigenvalue weighted by Crippen LogP contribution is -2.19. The van der Waals surface area contributed by atoms with Gasteiger partial charge in [0.05, 0.1) is 12.3 Å². The molecule has 1 N–H and O–H groups in total. The molecule has 7 heteroatoms.